The molecule has 1 aliphatic heterocycles. The molecule has 5 heteroatoms. The van der Waals surface area contributed by atoms with Gasteiger partial charge in [-0.1, -0.05) is 0 Å². The van der Waals surface area contributed by atoms with E-state index in [1.807, 2.05) is 0 Å². The Morgan fingerprint density at radius 1 is 1.36 bits per heavy atom. The molecular weight excluding hydrogens is 226 g/mol. The van der Waals surface area contributed by atoms with E-state index in [4.69, 9.17) is 0 Å². The van der Waals surface area contributed by atoms with Crippen LogP contribution < -0.4 is 5.32 Å². The summed E-state index contributed by atoms with van der Waals surface area (Å²) in [4.78, 5) is 3.81. The Morgan fingerprint density at radius 3 is 2.71 bits per heavy atom. The van der Waals surface area contributed by atoms with Gasteiger partial charge in [0.25, 0.3) is 0 Å². The first kappa shape index (κ1) is 13.6. The quantitative estimate of drug-likeness (QED) is 0.814. The van der Waals surface area contributed by atoms with Crippen molar-refractivity contribution in [2.75, 3.05) is 6.54 Å². The number of hydrogen-bond acceptors (Lipinski definition) is 2. The molecule has 0 unspecified atom stereocenters. The van der Waals surface area contributed by atoms with E-state index < -0.39 is 0 Å². The van der Waals surface area contributed by atoms with Crippen LogP contribution in [0.3, 0.4) is 0 Å². The Morgan fingerprint density at radius 2 is 2.14 bits per heavy atom. The molecule has 0 bridgehead atoms. The van der Waals surface area contributed by atoms with Gasteiger partial charge in [0, 0.05) is 12.2 Å². The van der Waals surface area contributed by atoms with E-state index in [2.05, 4.69) is 10.3 Å². The van der Waals surface area contributed by atoms with Gasteiger partial charge in [-0.15, -0.1) is 24.8 Å². The molecule has 1 atom stereocenters. The smallest absolute Gasteiger partial charge is 0.141 e. The molecule has 1 N–H and O–H groups in total. The highest BCUT2D eigenvalue weighted by molar-refractivity contribution is 5.85. The van der Waals surface area contributed by atoms with Gasteiger partial charge < -0.3 is 5.32 Å². The van der Waals surface area contributed by atoms with Crippen LogP contribution in [-0.2, 0) is 0 Å². The summed E-state index contributed by atoms with van der Waals surface area (Å²) in [6, 6.07) is 1.86. The third-order valence-corrected chi connectivity index (χ3v) is 2.19. The number of nitrogens with one attached hydrogen (secondary N) is 1. The average Bonchev–Trinajstić information content (AvgIpc) is 2.56. The second kappa shape index (κ2) is 6.17. The molecule has 1 aromatic rings. The Bertz CT molecular complexity index is 277. The zero-order valence-corrected chi connectivity index (χ0v) is 9.21. The zero-order chi connectivity index (χ0) is 8.39. The number of halogens is 3. The monoisotopic (exact) mass is 238 g/mol. The van der Waals surface area contributed by atoms with Crippen LogP contribution in [0.25, 0.3) is 0 Å². The maximum Gasteiger partial charge on any atom is 0.141 e. The van der Waals surface area contributed by atoms with Crippen LogP contribution in [-0.4, -0.2) is 11.5 Å². The molecule has 2 nitrogen and oxygen atoms in total. The van der Waals surface area contributed by atoms with Crippen LogP contribution in [0, 0.1) is 5.82 Å². The van der Waals surface area contributed by atoms with E-state index in [1.165, 1.54) is 12.6 Å². The van der Waals surface area contributed by atoms with E-state index in [-0.39, 0.29) is 30.6 Å². The summed E-state index contributed by atoms with van der Waals surface area (Å²) in [5.74, 6) is -0.249. The molecule has 0 radical (unpaired) electrons. The fourth-order valence-corrected chi connectivity index (χ4v) is 1.59. The number of aromatic nitrogens is 1. The van der Waals surface area contributed by atoms with Gasteiger partial charge in [-0.05, 0) is 31.0 Å². The van der Waals surface area contributed by atoms with Crippen LogP contribution >= 0.6 is 24.8 Å². The lowest BCUT2D eigenvalue weighted by Gasteiger charge is -2.08. The van der Waals surface area contributed by atoms with Crippen LogP contribution in [0.4, 0.5) is 4.39 Å². The van der Waals surface area contributed by atoms with Crippen molar-refractivity contribution in [2.45, 2.75) is 18.9 Å². The summed E-state index contributed by atoms with van der Waals surface area (Å²) in [5.41, 5.74) is 0.965. The molecule has 0 saturated carbocycles. The molecule has 0 spiro atoms. The highest BCUT2D eigenvalue weighted by Crippen LogP contribution is 2.22. The van der Waals surface area contributed by atoms with Gasteiger partial charge in [0.15, 0.2) is 0 Å². The van der Waals surface area contributed by atoms with Crippen molar-refractivity contribution in [3.63, 3.8) is 0 Å². The minimum Gasteiger partial charge on any atom is -0.310 e. The van der Waals surface area contributed by atoms with E-state index >= 15 is 0 Å². The van der Waals surface area contributed by atoms with E-state index in [9.17, 15) is 4.39 Å². The van der Waals surface area contributed by atoms with Crippen molar-refractivity contribution in [1.29, 1.82) is 0 Å². The maximum absolute atomic E-state index is 12.7. The third-order valence-electron chi connectivity index (χ3n) is 2.19. The van der Waals surface area contributed by atoms with Gasteiger partial charge in [-0.3, -0.25) is 4.98 Å². The number of rotatable bonds is 1. The van der Waals surface area contributed by atoms with Gasteiger partial charge in [-0.2, -0.15) is 0 Å². The molecule has 80 valence electrons. The zero-order valence-electron chi connectivity index (χ0n) is 7.57. The molecule has 0 aromatic carbocycles. The van der Waals surface area contributed by atoms with Crippen LogP contribution in [0.1, 0.15) is 24.4 Å². The summed E-state index contributed by atoms with van der Waals surface area (Å²) in [5, 5.41) is 3.29. The summed E-state index contributed by atoms with van der Waals surface area (Å²) in [6.07, 6.45) is 5.22. The first-order valence-electron chi connectivity index (χ1n) is 4.20. The van der Waals surface area contributed by atoms with Crippen molar-refractivity contribution in [3.05, 3.63) is 29.8 Å². The lowest BCUT2D eigenvalue weighted by molar-refractivity contribution is 0.598. The predicted molar refractivity (Wildman–Crippen MR) is 58.7 cm³/mol. The van der Waals surface area contributed by atoms with Gasteiger partial charge in [0.2, 0.25) is 0 Å². The fraction of sp³-hybridized carbons (Fsp3) is 0.444. The molecule has 0 aliphatic carbocycles. The third kappa shape index (κ3) is 3.08. The molecule has 2 rings (SSSR count). The SMILES string of the molecule is Cl.Cl.Fc1cncc([C@H]2CCCN2)c1. The molecule has 14 heavy (non-hydrogen) atoms. The summed E-state index contributed by atoms with van der Waals surface area (Å²) < 4.78 is 12.7. The maximum atomic E-state index is 12.7. The molecule has 2 heterocycles. The largest absolute Gasteiger partial charge is 0.310 e. The van der Waals surface area contributed by atoms with Crippen LogP contribution in [0.5, 0.6) is 0 Å². The Kier molecular flexibility index (Phi) is 6.00. The second-order valence-corrected chi connectivity index (χ2v) is 3.09. The highest BCUT2D eigenvalue weighted by atomic mass is 35.5. The Balaban J connectivity index is 0.000000845. The molecule has 1 fully saturated rings. The summed E-state index contributed by atoms with van der Waals surface area (Å²) in [7, 11) is 0. The van der Waals surface area contributed by atoms with Crippen molar-refractivity contribution < 1.29 is 4.39 Å². The second-order valence-electron chi connectivity index (χ2n) is 3.09. The first-order chi connectivity index (χ1) is 5.86. The Hall–Kier alpha value is -0.380. The highest BCUT2D eigenvalue weighted by Gasteiger charge is 2.16. The van der Waals surface area contributed by atoms with Gasteiger partial charge in [-0.25, -0.2) is 4.39 Å². The van der Waals surface area contributed by atoms with Gasteiger partial charge in [0.05, 0.1) is 6.20 Å². The van der Waals surface area contributed by atoms with Crippen molar-refractivity contribution >= 4 is 24.8 Å². The topological polar surface area (TPSA) is 24.9 Å². The predicted octanol–water partition coefficient (Wildman–Crippen LogP) is 2.49. The van der Waals surface area contributed by atoms with Crippen LogP contribution in [0.15, 0.2) is 18.5 Å². The van der Waals surface area contributed by atoms with E-state index in [0.717, 1.165) is 18.5 Å². The Labute approximate surface area is 95.1 Å². The normalized spacial score (nSPS) is 19.6. The summed E-state index contributed by atoms with van der Waals surface area (Å²) in [6.45, 7) is 1.03. The van der Waals surface area contributed by atoms with Crippen molar-refractivity contribution in [3.8, 4) is 0 Å². The number of nitrogens with zero attached hydrogens (tertiary/aromatic N) is 1. The van der Waals surface area contributed by atoms with Gasteiger partial charge >= 0.3 is 0 Å². The average molecular weight is 239 g/mol. The lowest BCUT2D eigenvalue weighted by atomic mass is 10.1. The fourth-order valence-electron chi connectivity index (χ4n) is 1.59. The molecule has 1 aromatic heterocycles. The molecule has 1 aliphatic rings. The standard InChI is InChI=1S/C9H11FN2.2ClH/c10-8-4-7(5-11-6-8)9-2-1-3-12-9;;/h4-6,9,12H,1-3H2;2*1H/t9-;;/m1../s1. The van der Waals surface area contributed by atoms with Crippen molar-refractivity contribution in [2.24, 2.45) is 0 Å². The first-order valence-corrected chi connectivity index (χ1v) is 4.20. The summed E-state index contributed by atoms with van der Waals surface area (Å²) >= 11 is 0. The molecular formula is C9H13Cl2FN2. The van der Waals surface area contributed by atoms with Gasteiger partial charge in [0.1, 0.15) is 5.82 Å². The van der Waals surface area contributed by atoms with E-state index in [0.29, 0.717) is 6.04 Å². The number of pyridine rings is 1. The molecule has 1 saturated heterocycles. The minimum absolute atomic E-state index is 0. The minimum atomic E-state index is -0.249. The van der Waals surface area contributed by atoms with E-state index in [1.54, 1.807) is 12.3 Å². The molecule has 0 amide bonds. The van der Waals surface area contributed by atoms with Crippen molar-refractivity contribution in [1.82, 2.24) is 10.3 Å². The lowest BCUT2D eigenvalue weighted by Crippen LogP contribution is -2.13. The number of hydrogen-bond donors (Lipinski definition) is 1. The van der Waals surface area contributed by atoms with Crippen LogP contribution in [0.2, 0.25) is 0 Å².